The van der Waals surface area contributed by atoms with Crippen molar-refractivity contribution in [2.75, 3.05) is 26.2 Å². The zero-order valence-corrected chi connectivity index (χ0v) is 33.5. The number of aliphatic imine (C=N–C) groups is 2. The predicted octanol–water partition coefficient (Wildman–Crippen LogP) is -0.279. The number of hydrogen-bond acceptors (Lipinski definition) is 9. The summed E-state index contributed by atoms with van der Waals surface area (Å²) in [5.74, 6) is -8.49. The van der Waals surface area contributed by atoms with Crippen molar-refractivity contribution in [3.63, 3.8) is 0 Å². The number of piperidine rings is 1. The van der Waals surface area contributed by atoms with Crippen molar-refractivity contribution in [3.8, 4) is 0 Å². The van der Waals surface area contributed by atoms with Crippen LogP contribution in [0.2, 0.25) is 0 Å². The molecule has 2 aliphatic heterocycles. The monoisotopic (exact) mass is 905 g/mol. The lowest BCUT2D eigenvalue weighted by atomic mass is 10.00. The van der Waals surface area contributed by atoms with E-state index in [1.807, 2.05) is 42.5 Å². The van der Waals surface area contributed by atoms with Gasteiger partial charge in [0, 0.05) is 26.1 Å². The number of carbonyl (C=O) groups is 7. The van der Waals surface area contributed by atoms with E-state index < -0.39 is 78.0 Å². The number of carboxylic acid groups (broad SMARTS) is 2. The van der Waals surface area contributed by atoms with E-state index in [1.165, 1.54) is 4.90 Å². The Hall–Kier alpha value is -6.89. The van der Waals surface area contributed by atoms with Gasteiger partial charge in [-0.2, -0.15) is 26.3 Å². The lowest BCUT2D eigenvalue weighted by Gasteiger charge is -2.35. The summed E-state index contributed by atoms with van der Waals surface area (Å²) in [6, 6.07) is 9.42. The fourth-order valence-corrected chi connectivity index (χ4v) is 6.06. The topological polar surface area (TPSA) is 340 Å². The van der Waals surface area contributed by atoms with Crippen molar-refractivity contribution in [1.82, 2.24) is 26.2 Å². The molecule has 0 unspecified atom stereocenters. The number of alkyl halides is 6. The largest absolute Gasteiger partial charge is 0.490 e. The Labute approximate surface area is 355 Å². The van der Waals surface area contributed by atoms with E-state index in [0.717, 1.165) is 16.3 Å². The van der Waals surface area contributed by atoms with Crippen molar-refractivity contribution < 1.29 is 70.1 Å². The van der Waals surface area contributed by atoms with E-state index >= 15 is 0 Å². The van der Waals surface area contributed by atoms with Gasteiger partial charge < -0.3 is 59.3 Å². The molecule has 14 N–H and O–H groups in total. The maximum Gasteiger partial charge on any atom is 0.490 e. The summed E-state index contributed by atoms with van der Waals surface area (Å²) in [4.78, 5) is 95.5. The van der Waals surface area contributed by atoms with Gasteiger partial charge >= 0.3 is 24.3 Å². The van der Waals surface area contributed by atoms with E-state index in [9.17, 15) is 50.3 Å². The number of carbonyl (C=O) groups excluding carboxylic acids is 5. The number of halogens is 6. The Bertz CT molecular complexity index is 1970. The zero-order chi connectivity index (χ0) is 47.5. The minimum atomic E-state index is -5.08. The lowest BCUT2D eigenvalue weighted by Crippen LogP contribution is -2.58. The molecule has 0 saturated carbocycles. The summed E-state index contributed by atoms with van der Waals surface area (Å²) in [7, 11) is 0. The van der Waals surface area contributed by atoms with Gasteiger partial charge in [-0.05, 0) is 61.3 Å². The van der Waals surface area contributed by atoms with Crippen LogP contribution in [0.4, 0.5) is 26.3 Å². The van der Waals surface area contributed by atoms with Crippen molar-refractivity contribution in [1.29, 1.82) is 0 Å². The van der Waals surface area contributed by atoms with E-state index in [-0.39, 0.29) is 50.8 Å². The van der Waals surface area contributed by atoms with Gasteiger partial charge in [0.2, 0.25) is 29.5 Å². The second-order valence-corrected chi connectivity index (χ2v) is 13.9. The van der Waals surface area contributed by atoms with Crippen molar-refractivity contribution in [2.45, 2.75) is 87.9 Å². The maximum atomic E-state index is 13.9. The second kappa shape index (κ2) is 24.5. The van der Waals surface area contributed by atoms with E-state index in [1.54, 1.807) is 0 Å². The van der Waals surface area contributed by atoms with Crippen LogP contribution in [0.3, 0.4) is 0 Å². The molecule has 2 fully saturated rings. The van der Waals surface area contributed by atoms with Crippen LogP contribution < -0.4 is 44.2 Å². The summed E-state index contributed by atoms with van der Waals surface area (Å²) in [6.07, 6.45) is -7.31. The van der Waals surface area contributed by atoms with Crippen molar-refractivity contribution in [2.24, 2.45) is 32.9 Å². The molecule has 20 nitrogen and oxygen atoms in total. The molecule has 2 saturated heterocycles. The van der Waals surface area contributed by atoms with Gasteiger partial charge in [0.1, 0.15) is 24.2 Å². The molecule has 0 spiro atoms. The number of rotatable bonds is 10. The summed E-state index contributed by atoms with van der Waals surface area (Å²) >= 11 is 0. The number of amides is 5. The average molecular weight is 906 g/mol. The van der Waals surface area contributed by atoms with Crippen LogP contribution in [-0.4, -0.2) is 131 Å². The molecule has 2 aromatic carbocycles. The number of nitrogens with one attached hydrogen (secondary N) is 4. The fraction of sp³-hybridized carbons (Fsp3) is 0.486. The third-order valence-corrected chi connectivity index (χ3v) is 9.07. The predicted molar refractivity (Wildman–Crippen MR) is 213 cm³/mol. The number of guanidine groups is 2. The summed E-state index contributed by atoms with van der Waals surface area (Å²) in [5, 5.41) is 27.3. The highest BCUT2D eigenvalue weighted by Crippen LogP contribution is 2.20. The molecule has 26 heteroatoms. The Balaban J connectivity index is 0.000000838. The quantitative estimate of drug-likeness (QED) is 0.0636. The number of hydrogen-bond donors (Lipinski definition) is 10. The molecule has 4 rings (SSSR count). The highest BCUT2D eigenvalue weighted by atomic mass is 19.4. The summed E-state index contributed by atoms with van der Waals surface area (Å²) in [5.41, 5.74) is 22.6. The lowest BCUT2D eigenvalue weighted by molar-refractivity contribution is -0.193. The average Bonchev–Trinajstić information content (AvgIpc) is 3.20. The third-order valence-electron chi connectivity index (χ3n) is 9.07. The Morgan fingerprint density at radius 3 is 1.65 bits per heavy atom. The zero-order valence-electron chi connectivity index (χ0n) is 33.5. The number of carboxylic acids is 2. The normalized spacial score (nSPS) is 19.9. The number of nitrogens with two attached hydrogens (primary N) is 4. The molecule has 0 bridgehead atoms. The number of fused-ring (bicyclic) bond motifs is 2. The second-order valence-electron chi connectivity index (χ2n) is 13.9. The maximum absolute atomic E-state index is 13.9. The highest BCUT2D eigenvalue weighted by Gasteiger charge is 2.39. The van der Waals surface area contributed by atoms with Crippen LogP contribution >= 0.6 is 0 Å². The molecular formula is C37H49F6N11O9. The van der Waals surface area contributed by atoms with Crippen molar-refractivity contribution >= 4 is 64.2 Å². The van der Waals surface area contributed by atoms with Crippen LogP contribution in [-0.2, 0) is 40.0 Å². The Morgan fingerprint density at radius 2 is 1.16 bits per heavy atom. The molecule has 348 valence electrons. The van der Waals surface area contributed by atoms with Crippen LogP contribution in [0.25, 0.3) is 10.8 Å². The molecule has 0 aliphatic carbocycles. The van der Waals surface area contributed by atoms with Crippen molar-refractivity contribution in [3.05, 3.63) is 48.0 Å². The molecule has 2 aromatic rings. The molecule has 2 heterocycles. The minimum absolute atomic E-state index is 0.106. The van der Waals surface area contributed by atoms with Crippen LogP contribution in [0.1, 0.15) is 50.5 Å². The third kappa shape index (κ3) is 18.7. The molecule has 0 radical (unpaired) electrons. The first kappa shape index (κ1) is 52.2. The van der Waals surface area contributed by atoms with Gasteiger partial charge in [0.25, 0.3) is 0 Å². The van der Waals surface area contributed by atoms with Crippen LogP contribution in [0, 0.1) is 0 Å². The van der Waals surface area contributed by atoms with Gasteiger partial charge in [0.05, 0.1) is 6.54 Å². The Kier molecular flexibility index (Phi) is 20.3. The van der Waals surface area contributed by atoms with Gasteiger partial charge in [-0.3, -0.25) is 34.0 Å². The highest BCUT2D eigenvalue weighted by molar-refractivity contribution is 5.97. The molecular weight excluding hydrogens is 856 g/mol. The first-order valence-corrected chi connectivity index (χ1v) is 19.1. The molecule has 0 aromatic heterocycles. The standard InChI is InChI=1S/C33H47N11O5.2C2HF3O2/c34-32(35)38-14-5-9-23-30(48)43-25(18-20-12-13-21-7-1-2-8-22(21)17-20)28(46)40-19-27(45)44-16-4-3-11-26(44)31(49)42-24(29(47)41-23)10-6-15-39-33(36)37;2*3-2(4,5)1(6)7/h1-2,7-8,12-13,17,23-26H,3-6,9-11,14-16,18-19H2,(H,40,46)(H,41,47)(H,42,49)(H,43,48)(H4,34,35,38)(H4,36,37,39);2*(H,6,7)/t23-,24-,25-,26+;;/m0../s1. The summed E-state index contributed by atoms with van der Waals surface area (Å²) < 4.78 is 63.5. The first-order chi connectivity index (χ1) is 29.4. The molecule has 63 heavy (non-hydrogen) atoms. The van der Waals surface area contributed by atoms with Crippen LogP contribution in [0.15, 0.2) is 52.4 Å². The number of benzene rings is 2. The number of nitrogens with zero attached hydrogens (tertiary/aromatic N) is 3. The minimum Gasteiger partial charge on any atom is -0.475 e. The first-order valence-electron chi connectivity index (χ1n) is 19.1. The molecule has 5 amide bonds. The summed E-state index contributed by atoms with van der Waals surface area (Å²) in [6.45, 7) is 0.362. The smallest absolute Gasteiger partial charge is 0.475 e. The van der Waals surface area contributed by atoms with Gasteiger partial charge in [-0.15, -0.1) is 0 Å². The van der Waals surface area contributed by atoms with Crippen LogP contribution in [0.5, 0.6) is 0 Å². The SMILES string of the molecule is NC(N)=NCCC[C@@H]1NC(=O)[C@H](CCCN=C(N)N)NC(=O)[C@H]2CCCCN2C(=O)CNC(=O)[C@H](Cc2ccc3ccccc3c2)NC1=O.O=C(O)C(F)(F)F.O=C(O)C(F)(F)F. The van der Waals surface area contributed by atoms with E-state index in [0.29, 0.717) is 38.6 Å². The number of aliphatic carboxylic acids is 2. The molecule has 4 atom stereocenters. The van der Waals surface area contributed by atoms with Gasteiger partial charge in [-0.1, -0.05) is 42.5 Å². The fourth-order valence-electron chi connectivity index (χ4n) is 6.06. The van der Waals surface area contributed by atoms with E-state index in [2.05, 4.69) is 31.3 Å². The molecule has 2 aliphatic rings. The Morgan fingerprint density at radius 1 is 0.683 bits per heavy atom. The van der Waals surface area contributed by atoms with E-state index in [4.69, 9.17) is 42.7 Å². The van der Waals surface area contributed by atoms with Gasteiger partial charge in [0.15, 0.2) is 11.9 Å². The van der Waals surface area contributed by atoms with Gasteiger partial charge in [-0.25, -0.2) is 9.59 Å².